The summed E-state index contributed by atoms with van der Waals surface area (Å²) >= 11 is 0. The number of nitrogens with zero attached hydrogens (tertiary/aromatic N) is 2. The Balaban J connectivity index is 1.42. The third-order valence-electron chi connectivity index (χ3n) is 5.69. The van der Waals surface area contributed by atoms with Crippen LogP contribution >= 0.6 is 0 Å². The first-order chi connectivity index (χ1) is 15.4. The molecule has 8 heteroatoms. The van der Waals surface area contributed by atoms with Crippen molar-refractivity contribution in [1.82, 2.24) is 4.90 Å². The largest absolute Gasteiger partial charge is 0.453 e. The van der Waals surface area contributed by atoms with E-state index in [9.17, 15) is 13.2 Å². The minimum absolute atomic E-state index is 0.0646. The Morgan fingerprint density at radius 3 is 2.28 bits per heavy atom. The van der Waals surface area contributed by atoms with Gasteiger partial charge in [-0.2, -0.15) is 0 Å². The van der Waals surface area contributed by atoms with Gasteiger partial charge in [-0.3, -0.25) is 19.3 Å². The summed E-state index contributed by atoms with van der Waals surface area (Å²) in [6.45, 7) is 1.41. The molecule has 0 atom stereocenters. The molecule has 7 nitrogen and oxygen atoms in total. The molecule has 3 aromatic rings. The van der Waals surface area contributed by atoms with E-state index in [2.05, 4.69) is 9.62 Å². The number of ether oxygens (including phenoxy) is 1. The molecule has 1 amide bonds. The van der Waals surface area contributed by atoms with Gasteiger partial charge in [-0.1, -0.05) is 36.4 Å². The Bertz CT molecular complexity index is 1260. The molecule has 0 radical (unpaired) electrons. The molecule has 1 N–H and O–H groups in total. The zero-order valence-corrected chi connectivity index (χ0v) is 18.4. The molecule has 0 fully saturated rings. The second kappa shape index (κ2) is 7.96. The summed E-state index contributed by atoms with van der Waals surface area (Å²) < 4.78 is 32.2. The van der Waals surface area contributed by atoms with E-state index >= 15 is 0 Å². The summed E-state index contributed by atoms with van der Waals surface area (Å²) in [5, 5.41) is 0. The van der Waals surface area contributed by atoms with Gasteiger partial charge in [0.1, 0.15) is 0 Å². The summed E-state index contributed by atoms with van der Waals surface area (Å²) in [6.07, 6.45) is 1.89. The molecule has 0 saturated carbocycles. The highest BCUT2D eigenvalue weighted by Crippen LogP contribution is 2.46. The first-order valence-corrected chi connectivity index (χ1v) is 12.3. The van der Waals surface area contributed by atoms with Crippen LogP contribution in [0.3, 0.4) is 0 Å². The van der Waals surface area contributed by atoms with Crippen LogP contribution in [0.2, 0.25) is 0 Å². The van der Waals surface area contributed by atoms with Gasteiger partial charge in [0.15, 0.2) is 11.5 Å². The maximum Gasteiger partial charge on any atom is 0.245 e. The van der Waals surface area contributed by atoms with Crippen molar-refractivity contribution in [1.29, 1.82) is 0 Å². The molecule has 0 saturated heterocycles. The summed E-state index contributed by atoms with van der Waals surface area (Å²) in [5.41, 5.74) is 4.02. The fourth-order valence-corrected chi connectivity index (χ4v) is 4.89. The van der Waals surface area contributed by atoms with E-state index in [0.29, 0.717) is 41.7 Å². The topological polar surface area (TPSA) is 79.0 Å². The lowest BCUT2D eigenvalue weighted by Gasteiger charge is -2.34. The number of nitrogens with one attached hydrogen (secondary N) is 1. The van der Waals surface area contributed by atoms with Crippen LogP contribution in [0.4, 0.5) is 17.1 Å². The van der Waals surface area contributed by atoms with Crippen LogP contribution in [0.1, 0.15) is 11.1 Å². The second-order valence-corrected chi connectivity index (χ2v) is 9.79. The Kier molecular flexibility index (Phi) is 5.11. The summed E-state index contributed by atoms with van der Waals surface area (Å²) in [6, 6.07) is 20.6. The molecule has 5 rings (SSSR count). The number of amides is 1. The van der Waals surface area contributed by atoms with Crippen molar-refractivity contribution < 1.29 is 17.9 Å². The highest BCUT2D eigenvalue weighted by molar-refractivity contribution is 7.92. The van der Waals surface area contributed by atoms with Gasteiger partial charge >= 0.3 is 0 Å². The zero-order chi connectivity index (χ0) is 22.3. The van der Waals surface area contributed by atoms with E-state index in [1.165, 1.54) is 0 Å². The Morgan fingerprint density at radius 2 is 1.62 bits per heavy atom. The molecular weight excluding hydrogens is 426 g/mol. The van der Waals surface area contributed by atoms with Gasteiger partial charge in [-0.05, 0) is 47.9 Å². The van der Waals surface area contributed by atoms with Crippen molar-refractivity contribution >= 4 is 33.0 Å². The van der Waals surface area contributed by atoms with Crippen molar-refractivity contribution in [3.63, 3.8) is 0 Å². The number of carbonyl (C=O) groups excluding carboxylic acids is 1. The van der Waals surface area contributed by atoms with Gasteiger partial charge in [0.05, 0.1) is 29.9 Å². The number of rotatable bonds is 4. The quantitative estimate of drug-likeness (QED) is 0.654. The summed E-state index contributed by atoms with van der Waals surface area (Å²) in [4.78, 5) is 17.3. The van der Waals surface area contributed by atoms with Crippen molar-refractivity contribution in [2.24, 2.45) is 0 Å². The molecule has 2 aliphatic heterocycles. The Labute approximate surface area is 187 Å². The molecule has 32 heavy (non-hydrogen) atoms. The Hall–Kier alpha value is -3.36. The van der Waals surface area contributed by atoms with Crippen LogP contribution in [0, 0.1) is 0 Å². The van der Waals surface area contributed by atoms with Gasteiger partial charge < -0.3 is 4.74 Å². The maximum absolute atomic E-state index is 13.5. The molecule has 0 aromatic heterocycles. The SMILES string of the molecule is CS(=O)(=O)Nc1cccc2c1CN(CC(=O)N1c3ccccc3Oc3ccccc31)CC2. The molecule has 0 aliphatic carbocycles. The van der Waals surface area contributed by atoms with E-state index in [-0.39, 0.29) is 12.5 Å². The van der Waals surface area contributed by atoms with Gasteiger partial charge in [-0.15, -0.1) is 0 Å². The molecule has 0 spiro atoms. The zero-order valence-electron chi connectivity index (χ0n) is 17.6. The summed E-state index contributed by atoms with van der Waals surface area (Å²) in [7, 11) is -3.39. The minimum Gasteiger partial charge on any atom is -0.453 e. The van der Waals surface area contributed by atoms with Crippen molar-refractivity contribution in [3.8, 4) is 11.5 Å². The lowest BCUT2D eigenvalue weighted by Crippen LogP contribution is -2.41. The maximum atomic E-state index is 13.5. The van der Waals surface area contributed by atoms with Crippen LogP contribution in [-0.2, 0) is 27.8 Å². The minimum atomic E-state index is -3.39. The van der Waals surface area contributed by atoms with E-state index in [0.717, 1.165) is 23.8 Å². The number of hydrogen-bond donors (Lipinski definition) is 1. The van der Waals surface area contributed by atoms with Gasteiger partial charge in [-0.25, -0.2) is 8.42 Å². The summed E-state index contributed by atoms with van der Waals surface area (Å²) in [5.74, 6) is 1.22. The Morgan fingerprint density at radius 1 is 0.969 bits per heavy atom. The highest BCUT2D eigenvalue weighted by atomic mass is 32.2. The normalized spacial score (nSPS) is 15.2. The second-order valence-electron chi connectivity index (χ2n) is 8.04. The molecular formula is C24H23N3O4S. The average Bonchev–Trinajstić information content (AvgIpc) is 2.76. The molecule has 0 unspecified atom stereocenters. The standard InChI is InChI=1S/C24H23N3O4S/c1-32(29,30)25-19-8-6-7-17-13-14-26(15-18(17)19)16-24(28)27-20-9-2-4-11-22(20)31-23-12-5-3-10-21(23)27/h2-12,25H,13-16H2,1H3. The molecule has 3 aromatic carbocycles. The fraction of sp³-hybridized carbons (Fsp3) is 0.208. The first kappa shape index (κ1) is 20.5. The van der Waals surface area contributed by atoms with Gasteiger partial charge in [0, 0.05) is 13.1 Å². The number of sulfonamides is 1. The van der Waals surface area contributed by atoms with Gasteiger partial charge in [0.2, 0.25) is 15.9 Å². The van der Waals surface area contributed by atoms with Crippen LogP contribution in [0.25, 0.3) is 0 Å². The van der Waals surface area contributed by atoms with Crippen LogP contribution in [-0.4, -0.2) is 38.6 Å². The first-order valence-electron chi connectivity index (χ1n) is 10.4. The monoisotopic (exact) mass is 449 g/mol. The number of hydrogen-bond acceptors (Lipinski definition) is 5. The number of fused-ring (bicyclic) bond motifs is 3. The van der Waals surface area contributed by atoms with Crippen molar-refractivity contribution in [3.05, 3.63) is 77.9 Å². The van der Waals surface area contributed by atoms with Crippen LogP contribution in [0.15, 0.2) is 66.7 Å². The molecule has 2 heterocycles. The third-order valence-corrected chi connectivity index (χ3v) is 6.28. The highest BCUT2D eigenvalue weighted by Gasteiger charge is 2.31. The third kappa shape index (κ3) is 3.94. The lowest BCUT2D eigenvalue weighted by molar-refractivity contribution is -0.119. The lowest BCUT2D eigenvalue weighted by atomic mass is 9.98. The number of carbonyl (C=O) groups is 1. The van der Waals surface area contributed by atoms with E-state index in [4.69, 9.17) is 4.74 Å². The molecule has 2 aliphatic rings. The molecule has 164 valence electrons. The van der Waals surface area contributed by atoms with Crippen LogP contribution in [0.5, 0.6) is 11.5 Å². The van der Waals surface area contributed by atoms with Crippen molar-refractivity contribution in [2.45, 2.75) is 13.0 Å². The van der Waals surface area contributed by atoms with Crippen LogP contribution < -0.4 is 14.4 Å². The smallest absolute Gasteiger partial charge is 0.245 e. The predicted octanol–water partition coefficient (Wildman–Crippen LogP) is 3.89. The predicted molar refractivity (Wildman–Crippen MR) is 124 cm³/mol. The van der Waals surface area contributed by atoms with Gasteiger partial charge in [0.25, 0.3) is 0 Å². The number of para-hydroxylation sites is 4. The number of benzene rings is 3. The van der Waals surface area contributed by atoms with E-state index < -0.39 is 10.0 Å². The number of anilines is 3. The average molecular weight is 450 g/mol. The van der Waals surface area contributed by atoms with Crippen molar-refractivity contribution in [2.75, 3.05) is 29.0 Å². The fourth-order valence-electron chi connectivity index (χ4n) is 4.30. The molecule has 0 bridgehead atoms. The van der Waals surface area contributed by atoms with E-state index in [1.807, 2.05) is 60.7 Å². The van der Waals surface area contributed by atoms with E-state index in [1.54, 1.807) is 11.0 Å².